The van der Waals surface area contributed by atoms with E-state index in [0.29, 0.717) is 48.1 Å². The van der Waals surface area contributed by atoms with Gasteiger partial charge in [-0.25, -0.2) is 18.6 Å². The third-order valence-corrected chi connectivity index (χ3v) is 7.16. The van der Waals surface area contributed by atoms with Gasteiger partial charge in [0.05, 0.1) is 18.1 Å². The monoisotopic (exact) mass is 496 g/mol. The van der Waals surface area contributed by atoms with Crippen LogP contribution in [-0.4, -0.2) is 50.4 Å². The summed E-state index contributed by atoms with van der Waals surface area (Å²) in [7, 11) is 1.86. The third kappa shape index (κ3) is 5.51. The Balaban J connectivity index is 1.40. The second kappa shape index (κ2) is 10.7. The van der Waals surface area contributed by atoms with Crippen LogP contribution in [0.3, 0.4) is 0 Å². The highest BCUT2D eigenvalue weighted by molar-refractivity contribution is 6.08. The molecule has 1 aliphatic carbocycles. The topological polar surface area (TPSA) is 79.8 Å². The van der Waals surface area contributed by atoms with Gasteiger partial charge >= 0.3 is 5.97 Å². The van der Waals surface area contributed by atoms with E-state index in [4.69, 9.17) is 6.57 Å². The van der Waals surface area contributed by atoms with Crippen molar-refractivity contribution in [2.45, 2.75) is 63.7 Å². The second-order valence-electron chi connectivity index (χ2n) is 9.83. The lowest BCUT2D eigenvalue weighted by Crippen LogP contribution is -2.34. The van der Waals surface area contributed by atoms with E-state index in [1.165, 1.54) is 6.20 Å². The van der Waals surface area contributed by atoms with E-state index in [-0.39, 0.29) is 31.2 Å². The van der Waals surface area contributed by atoms with Gasteiger partial charge in [0.1, 0.15) is 5.65 Å². The first-order valence-electron chi connectivity index (χ1n) is 12.4. The Kier molecular flexibility index (Phi) is 7.59. The molecule has 0 radical (unpaired) electrons. The van der Waals surface area contributed by atoms with Crippen molar-refractivity contribution < 1.29 is 23.5 Å². The van der Waals surface area contributed by atoms with Gasteiger partial charge in [-0.1, -0.05) is 18.8 Å². The molecule has 1 N–H and O–H groups in total. The summed E-state index contributed by atoms with van der Waals surface area (Å²) in [6, 6.07) is 1.69. The van der Waals surface area contributed by atoms with E-state index in [2.05, 4.69) is 21.7 Å². The van der Waals surface area contributed by atoms with E-state index >= 15 is 0 Å². The number of aliphatic carboxylic acids is 1. The molecular formula is C27H30F2N4O3. The van der Waals surface area contributed by atoms with E-state index in [0.717, 1.165) is 31.4 Å². The van der Waals surface area contributed by atoms with Gasteiger partial charge in [-0.05, 0) is 31.7 Å². The molecule has 0 spiro atoms. The van der Waals surface area contributed by atoms with Gasteiger partial charge in [0.15, 0.2) is 0 Å². The molecule has 0 bridgehead atoms. The number of amides is 1. The fourth-order valence-corrected chi connectivity index (χ4v) is 5.08. The number of hydrogen-bond donors (Lipinski definition) is 1. The first-order valence-corrected chi connectivity index (χ1v) is 12.4. The van der Waals surface area contributed by atoms with Gasteiger partial charge in [-0.3, -0.25) is 9.59 Å². The second-order valence-corrected chi connectivity index (χ2v) is 9.83. The van der Waals surface area contributed by atoms with Crippen molar-refractivity contribution in [2.75, 3.05) is 13.1 Å². The van der Waals surface area contributed by atoms with Gasteiger partial charge < -0.3 is 14.6 Å². The smallest absolute Gasteiger partial charge is 0.308 e. The average molecular weight is 497 g/mol. The number of aromatic nitrogens is 2. The molecule has 2 aliphatic rings. The molecule has 4 rings (SSSR count). The highest BCUT2D eigenvalue weighted by Gasteiger charge is 2.44. The number of carbonyl (C=O) groups excluding carboxylic acids is 1. The van der Waals surface area contributed by atoms with Crippen LogP contribution in [0.4, 0.5) is 14.5 Å². The fraction of sp³-hybridized carbons (Fsp3) is 0.556. The molecular weight excluding hydrogens is 466 g/mol. The normalized spacial score (nSPS) is 18.9. The number of pyridine rings is 1. The first-order chi connectivity index (χ1) is 17.2. The Labute approximate surface area is 209 Å². The molecule has 2 aromatic heterocycles. The maximum atomic E-state index is 13.5. The van der Waals surface area contributed by atoms with E-state index in [9.17, 15) is 23.5 Å². The number of likely N-dealkylation sites (tertiary alicyclic amines) is 1. The van der Waals surface area contributed by atoms with Gasteiger partial charge in [-0.2, -0.15) is 0 Å². The molecule has 1 aliphatic heterocycles. The van der Waals surface area contributed by atoms with Crippen LogP contribution >= 0.6 is 0 Å². The number of hydrogen-bond acceptors (Lipinski definition) is 3. The van der Waals surface area contributed by atoms with Crippen LogP contribution in [0.25, 0.3) is 15.9 Å². The number of fused-ring (bicyclic) bond motifs is 1. The van der Waals surface area contributed by atoms with Gasteiger partial charge in [0, 0.05) is 62.6 Å². The Morgan fingerprint density at radius 2 is 2.03 bits per heavy atom. The van der Waals surface area contributed by atoms with Gasteiger partial charge in [0.25, 0.3) is 11.8 Å². The molecule has 1 saturated carbocycles. The van der Waals surface area contributed by atoms with Crippen LogP contribution in [0.15, 0.2) is 12.3 Å². The minimum atomic E-state index is -2.53. The number of rotatable bonds is 8. The summed E-state index contributed by atoms with van der Waals surface area (Å²) >= 11 is 0. The van der Waals surface area contributed by atoms with Crippen molar-refractivity contribution in [2.24, 2.45) is 18.9 Å². The van der Waals surface area contributed by atoms with Crippen LogP contribution < -0.4 is 0 Å². The number of carboxylic acid groups (broad SMARTS) is 1. The lowest BCUT2D eigenvalue weighted by Gasteiger charge is -2.31. The highest BCUT2D eigenvalue weighted by atomic mass is 19.3. The average Bonchev–Trinajstić information content (AvgIpc) is 3.42. The summed E-state index contributed by atoms with van der Waals surface area (Å²) in [5.41, 5.74) is 2.34. The van der Waals surface area contributed by atoms with Crippen LogP contribution in [0, 0.1) is 30.2 Å². The Morgan fingerprint density at radius 3 is 2.69 bits per heavy atom. The molecule has 7 nitrogen and oxygen atoms in total. The molecule has 36 heavy (non-hydrogen) atoms. The van der Waals surface area contributed by atoms with Crippen molar-refractivity contribution in [1.29, 1.82) is 0 Å². The van der Waals surface area contributed by atoms with Gasteiger partial charge in [0.2, 0.25) is 5.69 Å². The predicted octanol–water partition coefficient (Wildman–Crippen LogP) is 5.21. The Hall–Kier alpha value is -3.46. The quantitative estimate of drug-likeness (QED) is 0.309. The minimum Gasteiger partial charge on any atom is -0.481 e. The molecule has 1 atom stereocenters. The SMILES string of the molecule is [C-]#[N+]c1cnc2c(c1)c(C(=O)N1CC[C@@H](C(=O)O)C1)c(CCCCCCC#CC1CC(F)(F)C1)n2C. The number of nitrogens with zero attached hydrogens (tertiary/aromatic N) is 4. The Bertz CT molecular complexity index is 1260. The van der Waals surface area contributed by atoms with Crippen LogP contribution in [0.5, 0.6) is 0 Å². The van der Waals surface area contributed by atoms with Crippen molar-refractivity contribution in [3.8, 4) is 11.8 Å². The number of carbonyl (C=O) groups is 2. The number of halogens is 2. The van der Waals surface area contributed by atoms with Crippen LogP contribution in [0.1, 0.15) is 67.4 Å². The summed E-state index contributed by atoms with van der Waals surface area (Å²) in [5.74, 6) is 1.61. The number of carboxylic acids is 1. The lowest BCUT2D eigenvalue weighted by atomic mass is 9.82. The zero-order valence-corrected chi connectivity index (χ0v) is 20.4. The molecule has 3 heterocycles. The summed E-state index contributed by atoms with van der Waals surface area (Å²) in [6.45, 7) is 7.90. The zero-order chi connectivity index (χ0) is 25.9. The molecule has 2 fully saturated rings. The van der Waals surface area contributed by atoms with Gasteiger partial charge in [-0.15, -0.1) is 5.92 Å². The van der Waals surface area contributed by atoms with Crippen molar-refractivity contribution in [3.63, 3.8) is 0 Å². The van der Waals surface area contributed by atoms with E-state index in [1.807, 2.05) is 11.6 Å². The fourth-order valence-electron chi connectivity index (χ4n) is 5.08. The maximum absolute atomic E-state index is 13.5. The number of aryl methyl sites for hydroxylation is 1. The summed E-state index contributed by atoms with van der Waals surface area (Å²) < 4.78 is 27.6. The predicted molar refractivity (Wildman–Crippen MR) is 131 cm³/mol. The third-order valence-electron chi connectivity index (χ3n) is 7.16. The lowest BCUT2D eigenvalue weighted by molar-refractivity contribution is -0.141. The largest absolute Gasteiger partial charge is 0.481 e. The molecule has 2 aromatic rings. The first kappa shape index (κ1) is 25.6. The molecule has 0 unspecified atom stereocenters. The Morgan fingerprint density at radius 1 is 1.28 bits per heavy atom. The summed E-state index contributed by atoms with van der Waals surface area (Å²) in [4.78, 5) is 34.4. The zero-order valence-electron chi connectivity index (χ0n) is 20.4. The van der Waals surface area contributed by atoms with Crippen LogP contribution in [-0.2, 0) is 18.3 Å². The standard InChI is InChI=1S/C27H30F2N4O3/c1-30-20-13-21-23(25(34)33-12-11-19(17-33)26(35)36)22(32(2)24(21)31-16-20)10-8-6-4-3-5-7-9-18-14-27(28,29)15-18/h13,16,18-19H,3-6,8,10-12,14-15,17H2,2H3,(H,35,36)/t19-/m1/s1. The molecule has 9 heteroatoms. The highest BCUT2D eigenvalue weighted by Crippen LogP contribution is 2.41. The molecule has 0 aromatic carbocycles. The number of alkyl halides is 2. The molecule has 1 saturated heterocycles. The van der Waals surface area contributed by atoms with E-state index < -0.39 is 17.8 Å². The van der Waals surface area contributed by atoms with Crippen molar-refractivity contribution in [1.82, 2.24) is 14.5 Å². The van der Waals surface area contributed by atoms with Crippen molar-refractivity contribution in [3.05, 3.63) is 34.9 Å². The summed E-state index contributed by atoms with van der Waals surface area (Å²) in [6.07, 6.45) is 6.67. The maximum Gasteiger partial charge on any atom is 0.308 e. The summed E-state index contributed by atoms with van der Waals surface area (Å²) in [5, 5.41) is 9.97. The molecule has 1 amide bonds. The van der Waals surface area contributed by atoms with Crippen LogP contribution in [0.2, 0.25) is 0 Å². The van der Waals surface area contributed by atoms with Crippen molar-refractivity contribution >= 4 is 28.6 Å². The molecule has 190 valence electrons. The minimum absolute atomic E-state index is 0.118. The van der Waals surface area contributed by atoms with E-state index in [1.54, 1.807) is 11.0 Å². The number of unbranched alkanes of at least 4 members (excludes halogenated alkanes) is 4.